The van der Waals surface area contributed by atoms with Crippen molar-refractivity contribution in [3.63, 3.8) is 0 Å². The maximum Gasteiger partial charge on any atom is 0.227 e. The molecule has 3 heterocycles. The van der Waals surface area contributed by atoms with Crippen LogP contribution in [0.4, 0.5) is 0 Å². The highest BCUT2D eigenvalue weighted by molar-refractivity contribution is 6.08. The van der Waals surface area contributed by atoms with Gasteiger partial charge in [-0.1, -0.05) is 48.5 Å². The van der Waals surface area contributed by atoms with Gasteiger partial charge in [-0.2, -0.15) is 0 Å². The first-order valence-electron chi connectivity index (χ1n) is 10.4. The first kappa shape index (κ1) is 17.8. The summed E-state index contributed by atoms with van der Waals surface area (Å²) in [4.78, 5) is 9.25. The Morgan fingerprint density at radius 1 is 0.710 bits per heavy atom. The summed E-state index contributed by atoms with van der Waals surface area (Å²) in [6.07, 6.45) is 1.88. The van der Waals surface area contributed by atoms with Crippen molar-refractivity contribution in [2.75, 3.05) is 0 Å². The topological polar surface area (TPSA) is 38.9 Å². The van der Waals surface area contributed by atoms with Crippen molar-refractivity contribution in [1.82, 2.24) is 9.97 Å². The van der Waals surface area contributed by atoms with Crippen LogP contribution in [0.15, 0.2) is 89.5 Å². The Hall–Kier alpha value is -3.98. The average molecular weight is 400 g/mol. The minimum Gasteiger partial charge on any atom is -0.437 e. The molecule has 0 aliphatic carbocycles. The third-order valence-corrected chi connectivity index (χ3v) is 6.05. The second-order valence-corrected chi connectivity index (χ2v) is 7.98. The number of furan rings is 1. The summed E-state index contributed by atoms with van der Waals surface area (Å²) in [6, 6.07) is 27.4. The quantitative estimate of drug-likeness (QED) is 0.302. The van der Waals surface area contributed by atoms with Gasteiger partial charge in [0.15, 0.2) is 0 Å². The molecule has 0 N–H and O–H groups in total. The molecule has 3 aromatic heterocycles. The molecule has 3 heteroatoms. The second kappa shape index (κ2) is 6.78. The monoisotopic (exact) mass is 400 g/mol. The molecule has 0 amide bonds. The van der Waals surface area contributed by atoms with E-state index in [0.29, 0.717) is 5.71 Å². The van der Waals surface area contributed by atoms with Crippen molar-refractivity contribution in [3.8, 4) is 22.4 Å². The van der Waals surface area contributed by atoms with E-state index in [1.165, 1.54) is 21.9 Å². The first-order valence-corrected chi connectivity index (χ1v) is 10.4. The summed E-state index contributed by atoms with van der Waals surface area (Å²) in [7, 11) is 0. The molecular formula is C28H20N2O. The Morgan fingerprint density at radius 2 is 1.58 bits per heavy atom. The van der Waals surface area contributed by atoms with Gasteiger partial charge in [-0.15, -0.1) is 0 Å². The van der Waals surface area contributed by atoms with E-state index in [2.05, 4.69) is 89.7 Å². The summed E-state index contributed by atoms with van der Waals surface area (Å²) >= 11 is 0. The number of rotatable bonds is 2. The van der Waals surface area contributed by atoms with Crippen LogP contribution in [0.2, 0.25) is 0 Å². The smallest absolute Gasteiger partial charge is 0.227 e. The Labute approximate surface area is 180 Å². The van der Waals surface area contributed by atoms with Crippen LogP contribution in [-0.2, 0) is 0 Å². The molecule has 6 rings (SSSR count). The molecule has 0 aliphatic heterocycles. The van der Waals surface area contributed by atoms with Gasteiger partial charge in [-0.05, 0) is 71.6 Å². The van der Waals surface area contributed by atoms with E-state index in [4.69, 9.17) is 4.42 Å². The van der Waals surface area contributed by atoms with Crippen molar-refractivity contribution in [2.45, 2.75) is 13.8 Å². The van der Waals surface area contributed by atoms with Crippen LogP contribution < -0.4 is 0 Å². The van der Waals surface area contributed by atoms with Crippen molar-refractivity contribution in [1.29, 1.82) is 0 Å². The number of pyridine rings is 2. The third-order valence-electron chi connectivity index (χ3n) is 6.05. The van der Waals surface area contributed by atoms with Crippen molar-refractivity contribution in [3.05, 3.63) is 96.3 Å². The Balaban J connectivity index is 1.55. The van der Waals surface area contributed by atoms with E-state index in [-0.39, 0.29) is 0 Å². The summed E-state index contributed by atoms with van der Waals surface area (Å²) in [6.45, 7) is 4.16. The van der Waals surface area contributed by atoms with Gasteiger partial charge in [0.2, 0.25) is 5.71 Å². The SMILES string of the molecule is Cc1ccc2c(n1)oc1c(-c3cc(-c4ccc5ccccc5c4C)ccn3)cccc12. The first-order chi connectivity index (χ1) is 15.2. The molecule has 0 spiro atoms. The maximum absolute atomic E-state index is 6.19. The normalized spacial score (nSPS) is 11.5. The molecule has 0 atom stereocenters. The lowest BCUT2D eigenvalue weighted by atomic mass is 9.94. The van der Waals surface area contributed by atoms with Gasteiger partial charge >= 0.3 is 0 Å². The van der Waals surface area contributed by atoms with Crippen LogP contribution >= 0.6 is 0 Å². The zero-order valence-corrected chi connectivity index (χ0v) is 17.4. The Bertz CT molecular complexity index is 1610. The van der Waals surface area contributed by atoms with E-state index in [9.17, 15) is 0 Å². The number of aromatic nitrogens is 2. The minimum absolute atomic E-state index is 0.670. The van der Waals surface area contributed by atoms with Crippen molar-refractivity contribution < 1.29 is 4.42 Å². The van der Waals surface area contributed by atoms with E-state index >= 15 is 0 Å². The average Bonchev–Trinajstić information content (AvgIpc) is 3.17. The van der Waals surface area contributed by atoms with E-state index in [1.807, 2.05) is 19.2 Å². The molecule has 6 aromatic rings. The minimum atomic E-state index is 0.670. The fourth-order valence-electron chi connectivity index (χ4n) is 4.46. The molecule has 31 heavy (non-hydrogen) atoms. The molecule has 0 unspecified atom stereocenters. The number of aryl methyl sites for hydroxylation is 2. The number of hydrogen-bond donors (Lipinski definition) is 0. The summed E-state index contributed by atoms with van der Waals surface area (Å²) in [5.41, 5.74) is 7.96. The van der Waals surface area contributed by atoms with E-state index in [0.717, 1.165) is 38.9 Å². The molecule has 0 aliphatic rings. The highest BCUT2D eigenvalue weighted by Gasteiger charge is 2.15. The molecule has 0 saturated heterocycles. The van der Waals surface area contributed by atoms with Crippen LogP contribution in [0.25, 0.3) is 55.2 Å². The van der Waals surface area contributed by atoms with Crippen LogP contribution in [0, 0.1) is 13.8 Å². The standard InChI is InChI=1S/C28H20N2O/c1-17-10-12-24-23-8-5-9-25(27(23)31-28(24)30-17)26-16-20(14-15-29-26)22-13-11-19-6-3-4-7-21(19)18(22)2/h3-16H,1-2H3. The number of fused-ring (bicyclic) bond motifs is 4. The van der Waals surface area contributed by atoms with Crippen molar-refractivity contribution >= 4 is 32.8 Å². The maximum atomic E-state index is 6.19. The van der Waals surface area contributed by atoms with E-state index in [1.54, 1.807) is 0 Å². The van der Waals surface area contributed by atoms with Crippen LogP contribution in [0.5, 0.6) is 0 Å². The summed E-state index contributed by atoms with van der Waals surface area (Å²) < 4.78 is 6.19. The van der Waals surface area contributed by atoms with Gasteiger partial charge in [0, 0.05) is 28.2 Å². The number of para-hydroxylation sites is 1. The van der Waals surface area contributed by atoms with Gasteiger partial charge in [0.05, 0.1) is 5.69 Å². The highest BCUT2D eigenvalue weighted by Crippen LogP contribution is 2.36. The van der Waals surface area contributed by atoms with Gasteiger partial charge in [0.25, 0.3) is 0 Å². The molecule has 3 nitrogen and oxygen atoms in total. The van der Waals surface area contributed by atoms with Gasteiger partial charge < -0.3 is 4.42 Å². The molecule has 0 fully saturated rings. The van der Waals surface area contributed by atoms with Gasteiger partial charge in [0.1, 0.15) is 5.58 Å². The van der Waals surface area contributed by atoms with Gasteiger partial charge in [-0.3, -0.25) is 4.98 Å². The van der Waals surface area contributed by atoms with E-state index < -0.39 is 0 Å². The van der Waals surface area contributed by atoms with Crippen LogP contribution in [0.1, 0.15) is 11.3 Å². The summed E-state index contributed by atoms with van der Waals surface area (Å²) in [5, 5.41) is 4.63. The van der Waals surface area contributed by atoms with Crippen LogP contribution in [0.3, 0.4) is 0 Å². The molecule has 148 valence electrons. The Morgan fingerprint density at radius 3 is 2.52 bits per heavy atom. The van der Waals surface area contributed by atoms with Crippen LogP contribution in [-0.4, -0.2) is 9.97 Å². The molecule has 0 radical (unpaired) electrons. The number of hydrogen-bond acceptors (Lipinski definition) is 3. The second-order valence-electron chi connectivity index (χ2n) is 7.98. The van der Waals surface area contributed by atoms with Crippen molar-refractivity contribution in [2.24, 2.45) is 0 Å². The lowest BCUT2D eigenvalue weighted by molar-refractivity contribution is 0.653. The number of nitrogens with zero attached hydrogens (tertiary/aromatic N) is 2. The zero-order chi connectivity index (χ0) is 20.9. The fraction of sp³-hybridized carbons (Fsp3) is 0.0714. The lowest BCUT2D eigenvalue weighted by Gasteiger charge is -2.11. The fourth-order valence-corrected chi connectivity index (χ4v) is 4.46. The molecule has 0 saturated carbocycles. The highest BCUT2D eigenvalue weighted by atomic mass is 16.3. The van der Waals surface area contributed by atoms with Gasteiger partial charge in [-0.25, -0.2) is 4.98 Å². The predicted octanol–water partition coefficient (Wildman–Crippen LogP) is 7.48. The summed E-state index contributed by atoms with van der Waals surface area (Å²) in [5.74, 6) is 0. The number of benzene rings is 3. The zero-order valence-electron chi connectivity index (χ0n) is 17.4. The predicted molar refractivity (Wildman–Crippen MR) is 127 cm³/mol. The molecule has 0 bridgehead atoms. The largest absolute Gasteiger partial charge is 0.437 e. The third kappa shape index (κ3) is 2.82. The Kier molecular flexibility index (Phi) is 3.90. The molecular weight excluding hydrogens is 380 g/mol. The molecule has 3 aromatic carbocycles. The lowest BCUT2D eigenvalue weighted by Crippen LogP contribution is -1.89.